The summed E-state index contributed by atoms with van der Waals surface area (Å²) >= 11 is 0. The fourth-order valence-electron chi connectivity index (χ4n) is 13.5. The summed E-state index contributed by atoms with van der Waals surface area (Å²) in [5, 5.41) is 23.5. The van der Waals surface area contributed by atoms with Crippen LogP contribution in [0.4, 0.5) is 0 Å². The molecule has 0 saturated heterocycles. The van der Waals surface area contributed by atoms with Crippen molar-refractivity contribution >= 4 is 11.9 Å². The summed E-state index contributed by atoms with van der Waals surface area (Å²) in [6.07, 6.45) is 100. The Labute approximate surface area is 559 Å². The number of aliphatic hydroxyl groups excluding tert-OH is 2. The highest BCUT2D eigenvalue weighted by molar-refractivity contribution is 5.76. The average Bonchev–Trinajstić information content (AvgIpc) is 3.68. The molecule has 2 unspecified atom stereocenters. The Morgan fingerprint density at radius 2 is 0.528 bits per heavy atom. The Hall–Kier alpha value is -1.40. The van der Waals surface area contributed by atoms with Gasteiger partial charge >= 0.3 is 5.97 Å². The number of aliphatic hydroxyl groups is 2. The lowest BCUT2D eigenvalue weighted by atomic mass is 10.0. The van der Waals surface area contributed by atoms with Crippen LogP contribution >= 0.6 is 0 Å². The molecule has 0 bridgehead atoms. The fraction of sp³-hybridized carbons (Fsp3) is 0.952. The van der Waals surface area contributed by atoms with Crippen molar-refractivity contribution in [1.82, 2.24) is 5.32 Å². The van der Waals surface area contributed by atoms with Crippen molar-refractivity contribution in [3.05, 3.63) is 12.2 Å². The van der Waals surface area contributed by atoms with Gasteiger partial charge in [-0.3, -0.25) is 9.59 Å². The van der Waals surface area contributed by atoms with Crippen molar-refractivity contribution in [3.8, 4) is 0 Å². The van der Waals surface area contributed by atoms with Crippen molar-refractivity contribution in [2.45, 2.75) is 495 Å². The third-order valence-electron chi connectivity index (χ3n) is 19.8. The summed E-state index contributed by atoms with van der Waals surface area (Å²) in [5.41, 5.74) is 0. The van der Waals surface area contributed by atoms with E-state index in [1.807, 2.05) is 0 Å². The van der Waals surface area contributed by atoms with Gasteiger partial charge in [0, 0.05) is 12.8 Å². The quantitative estimate of drug-likeness (QED) is 0.0320. The van der Waals surface area contributed by atoms with E-state index in [0.717, 1.165) is 44.9 Å². The third kappa shape index (κ3) is 75.5. The summed E-state index contributed by atoms with van der Waals surface area (Å²) in [6.45, 7) is 5.00. The van der Waals surface area contributed by atoms with E-state index in [0.29, 0.717) is 25.9 Å². The highest BCUT2D eigenvalue weighted by atomic mass is 16.5. The third-order valence-corrected chi connectivity index (χ3v) is 19.8. The first-order valence-corrected chi connectivity index (χ1v) is 41.4. The van der Waals surface area contributed by atoms with Crippen LogP contribution < -0.4 is 5.32 Å². The van der Waals surface area contributed by atoms with E-state index >= 15 is 0 Å². The number of carbonyl (C=O) groups is 2. The van der Waals surface area contributed by atoms with Crippen molar-refractivity contribution in [2.75, 3.05) is 13.2 Å². The number of nitrogens with one attached hydrogen (secondary N) is 1. The van der Waals surface area contributed by atoms with E-state index < -0.39 is 12.1 Å². The van der Waals surface area contributed by atoms with E-state index in [2.05, 4.69) is 31.3 Å². The minimum absolute atomic E-state index is 0.0145. The van der Waals surface area contributed by atoms with E-state index in [1.54, 1.807) is 0 Å². The highest BCUT2D eigenvalue weighted by Gasteiger charge is 2.20. The van der Waals surface area contributed by atoms with E-state index in [4.69, 9.17) is 4.74 Å². The van der Waals surface area contributed by atoms with Crippen LogP contribution in [0.3, 0.4) is 0 Å². The van der Waals surface area contributed by atoms with Gasteiger partial charge in [-0.2, -0.15) is 0 Å². The molecule has 0 fully saturated rings. The van der Waals surface area contributed by atoms with Gasteiger partial charge < -0.3 is 20.3 Å². The summed E-state index contributed by atoms with van der Waals surface area (Å²) in [6, 6.07) is -0.539. The summed E-state index contributed by atoms with van der Waals surface area (Å²) in [5.74, 6) is -0.00913. The standard InChI is InChI=1S/C83H163NO5/c1-3-5-7-9-11-13-15-17-19-20-21-22-23-33-36-39-42-45-48-51-55-59-63-67-71-75-81(86)80(79-85)84-82(87)76-72-68-64-60-56-52-49-46-43-40-37-34-31-29-27-25-24-26-28-30-32-35-38-41-44-47-50-54-58-62-66-70-74-78-89-83(88)77-73-69-65-61-57-53-18-16-14-12-10-8-6-4-2/h16,18,80-81,85-86H,3-15,17,19-79H2,1-2H3,(H,84,87)/b18-16-. The molecule has 0 aromatic heterocycles. The Balaban J connectivity index is 3.32. The van der Waals surface area contributed by atoms with E-state index in [1.165, 1.54) is 405 Å². The Bertz CT molecular complexity index is 1350. The first-order chi connectivity index (χ1) is 44.0. The minimum Gasteiger partial charge on any atom is -0.466 e. The predicted molar refractivity (Wildman–Crippen MR) is 394 cm³/mol. The van der Waals surface area contributed by atoms with Gasteiger partial charge in [0.1, 0.15) is 0 Å². The molecule has 0 radical (unpaired) electrons. The molecule has 0 aromatic carbocycles. The van der Waals surface area contributed by atoms with Gasteiger partial charge in [0.15, 0.2) is 0 Å². The maximum absolute atomic E-state index is 12.6. The molecule has 6 heteroatoms. The molecular formula is C83H163NO5. The molecule has 6 nitrogen and oxygen atoms in total. The number of hydrogen-bond donors (Lipinski definition) is 3. The normalized spacial score (nSPS) is 12.4. The first-order valence-electron chi connectivity index (χ1n) is 41.4. The molecule has 530 valence electrons. The molecular weight excluding hydrogens is 1090 g/mol. The Morgan fingerprint density at radius 1 is 0.303 bits per heavy atom. The zero-order valence-corrected chi connectivity index (χ0v) is 61.0. The van der Waals surface area contributed by atoms with Gasteiger partial charge in [0.05, 0.1) is 25.4 Å². The molecule has 3 N–H and O–H groups in total. The fourth-order valence-corrected chi connectivity index (χ4v) is 13.5. The number of unbranched alkanes of at least 4 members (excludes halogenated alkanes) is 66. The van der Waals surface area contributed by atoms with Crippen LogP contribution in [0.1, 0.15) is 483 Å². The van der Waals surface area contributed by atoms with Gasteiger partial charge in [-0.15, -0.1) is 0 Å². The number of hydrogen-bond acceptors (Lipinski definition) is 5. The molecule has 1 amide bonds. The number of esters is 1. The van der Waals surface area contributed by atoms with Crippen LogP contribution in [0.2, 0.25) is 0 Å². The molecule has 0 saturated carbocycles. The maximum atomic E-state index is 12.6. The minimum atomic E-state index is -0.662. The van der Waals surface area contributed by atoms with Crippen molar-refractivity contribution < 1.29 is 24.5 Å². The van der Waals surface area contributed by atoms with Crippen molar-refractivity contribution in [2.24, 2.45) is 0 Å². The van der Waals surface area contributed by atoms with Crippen LogP contribution in [0, 0.1) is 0 Å². The lowest BCUT2D eigenvalue weighted by molar-refractivity contribution is -0.143. The summed E-state index contributed by atoms with van der Waals surface area (Å²) < 4.78 is 5.50. The summed E-state index contributed by atoms with van der Waals surface area (Å²) in [7, 11) is 0. The Kier molecular flexibility index (Phi) is 77.8. The summed E-state index contributed by atoms with van der Waals surface area (Å²) in [4.78, 5) is 24.7. The van der Waals surface area contributed by atoms with Crippen LogP contribution in [0.5, 0.6) is 0 Å². The van der Waals surface area contributed by atoms with Crippen molar-refractivity contribution in [1.29, 1.82) is 0 Å². The van der Waals surface area contributed by atoms with Crippen LogP contribution in [-0.4, -0.2) is 47.4 Å². The molecule has 0 spiro atoms. The molecule has 0 rings (SSSR count). The lowest BCUT2D eigenvalue weighted by Gasteiger charge is -2.22. The second-order valence-electron chi connectivity index (χ2n) is 28.8. The van der Waals surface area contributed by atoms with E-state index in [-0.39, 0.29) is 18.5 Å². The SMILES string of the molecule is CCCCCCC/C=C\CCCCCCCC(=O)OCCCCCCCCCCCCCCCCCCCCCCCCCCCCCCCCCCCC(=O)NC(CO)C(O)CCCCCCCCCCCCCCCCCCCCCCCCCCC. The molecule has 0 aliphatic carbocycles. The first kappa shape index (κ1) is 87.6. The second-order valence-corrected chi connectivity index (χ2v) is 28.8. The highest BCUT2D eigenvalue weighted by Crippen LogP contribution is 2.21. The number of carbonyl (C=O) groups excluding carboxylic acids is 2. The van der Waals surface area contributed by atoms with Gasteiger partial charge in [0.25, 0.3) is 0 Å². The number of ether oxygens (including phenoxy) is 1. The molecule has 89 heavy (non-hydrogen) atoms. The van der Waals surface area contributed by atoms with Gasteiger partial charge in [0.2, 0.25) is 5.91 Å². The number of rotatable bonds is 79. The van der Waals surface area contributed by atoms with Gasteiger partial charge in [-0.25, -0.2) is 0 Å². The monoisotopic (exact) mass is 1250 g/mol. The van der Waals surface area contributed by atoms with Crippen LogP contribution in [0.25, 0.3) is 0 Å². The zero-order valence-electron chi connectivity index (χ0n) is 61.0. The predicted octanol–water partition coefficient (Wildman–Crippen LogP) is 27.4. The van der Waals surface area contributed by atoms with E-state index in [9.17, 15) is 19.8 Å². The van der Waals surface area contributed by atoms with Gasteiger partial charge in [-0.05, 0) is 51.4 Å². The Morgan fingerprint density at radius 3 is 0.798 bits per heavy atom. The van der Waals surface area contributed by atoms with Gasteiger partial charge in [-0.1, -0.05) is 431 Å². The van der Waals surface area contributed by atoms with Crippen LogP contribution in [0.15, 0.2) is 12.2 Å². The topological polar surface area (TPSA) is 95.9 Å². The lowest BCUT2D eigenvalue weighted by Crippen LogP contribution is -2.45. The smallest absolute Gasteiger partial charge is 0.305 e. The number of amides is 1. The second kappa shape index (κ2) is 79.0. The van der Waals surface area contributed by atoms with Crippen LogP contribution in [-0.2, 0) is 14.3 Å². The largest absolute Gasteiger partial charge is 0.466 e. The molecule has 0 aromatic rings. The molecule has 2 atom stereocenters. The average molecular weight is 1260 g/mol. The zero-order chi connectivity index (χ0) is 64.2. The maximum Gasteiger partial charge on any atom is 0.305 e. The molecule has 0 aliphatic heterocycles. The number of allylic oxidation sites excluding steroid dienone is 2. The molecule has 0 heterocycles. The van der Waals surface area contributed by atoms with Crippen molar-refractivity contribution in [3.63, 3.8) is 0 Å². The molecule has 0 aliphatic rings.